The number of aromatic nitrogens is 2. The van der Waals surface area contributed by atoms with Gasteiger partial charge in [-0.15, -0.1) is 0 Å². The fraction of sp³-hybridized carbons (Fsp3) is 0.214. The van der Waals surface area contributed by atoms with E-state index in [1.165, 1.54) is 30.7 Å². The maximum Gasteiger partial charge on any atom is 0.249 e. The van der Waals surface area contributed by atoms with Gasteiger partial charge in [-0.3, -0.25) is 9.78 Å². The largest absolute Gasteiger partial charge is 0.379 e. The molecule has 4 heterocycles. The molecule has 0 bridgehead atoms. The lowest BCUT2D eigenvalue weighted by Gasteiger charge is -2.36. The number of morpholine rings is 1. The zero-order chi connectivity index (χ0) is 24.5. The average molecular weight is 515 g/mol. The molecule has 0 spiro atoms. The van der Waals surface area contributed by atoms with Crippen molar-refractivity contribution in [3.63, 3.8) is 0 Å². The highest BCUT2D eigenvalue weighted by molar-refractivity contribution is 8.05. The number of nitrogens with one attached hydrogen (secondary N) is 2. The number of benzene rings is 2. The van der Waals surface area contributed by atoms with Crippen LogP contribution >= 0.6 is 23.5 Å². The first-order valence-electron chi connectivity index (χ1n) is 12.0. The molecule has 0 amide bonds. The van der Waals surface area contributed by atoms with Crippen molar-refractivity contribution in [3.05, 3.63) is 100 Å². The average Bonchev–Trinajstić information content (AvgIpc) is 2.91. The third-order valence-electron chi connectivity index (χ3n) is 6.37. The lowest BCUT2D eigenvalue weighted by Crippen LogP contribution is -2.39. The maximum atomic E-state index is 11.8. The van der Waals surface area contributed by atoms with Crippen molar-refractivity contribution in [1.29, 1.82) is 0 Å². The van der Waals surface area contributed by atoms with Crippen molar-refractivity contribution in [2.24, 2.45) is 0 Å². The second kappa shape index (κ2) is 10.0. The molecule has 36 heavy (non-hydrogen) atoms. The normalized spacial score (nSPS) is 16.8. The lowest BCUT2D eigenvalue weighted by atomic mass is 10.1. The van der Waals surface area contributed by atoms with Gasteiger partial charge in [0.2, 0.25) is 5.56 Å². The Balaban J connectivity index is 1.20. The van der Waals surface area contributed by atoms with Crippen LogP contribution in [0.4, 0.5) is 11.4 Å². The zero-order valence-corrected chi connectivity index (χ0v) is 21.5. The Kier molecular flexibility index (Phi) is 6.48. The third kappa shape index (κ3) is 4.89. The van der Waals surface area contributed by atoms with Gasteiger partial charge in [0.15, 0.2) is 0 Å². The van der Waals surface area contributed by atoms with Crippen molar-refractivity contribution in [3.8, 4) is 0 Å². The van der Waals surface area contributed by atoms with E-state index >= 15 is 0 Å². The maximum absolute atomic E-state index is 11.8. The molecule has 0 saturated carbocycles. The molecule has 0 radical (unpaired) electrons. The standard InChI is InChI=1S/C28H26N4O2S2/c1-18-5-6-20(30-15-18)16-31-19-7-8-24-26(13-19)35-25-4-2-3-22(28(25)36-24)23-17-32(11-12-34-23)21-9-10-29-27(33)14-21/h2-10,13-15,23,31H,11-12,16-17H2,1H3,(H,29,33). The summed E-state index contributed by atoms with van der Waals surface area (Å²) in [4.78, 5) is 26.3. The summed E-state index contributed by atoms with van der Waals surface area (Å²) in [6.45, 7) is 4.86. The SMILES string of the molecule is Cc1ccc(CNc2ccc3c(c2)Sc2cccc(C4CN(c5cc[nH]c(=O)c5)CCO4)c2S3)nc1. The predicted molar refractivity (Wildman–Crippen MR) is 145 cm³/mol. The summed E-state index contributed by atoms with van der Waals surface area (Å²) in [5, 5.41) is 3.51. The van der Waals surface area contributed by atoms with Crippen molar-refractivity contribution in [2.45, 2.75) is 39.2 Å². The van der Waals surface area contributed by atoms with Crippen LogP contribution in [0.25, 0.3) is 0 Å². The molecule has 4 aromatic rings. The number of hydrogen-bond donors (Lipinski definition) is 2. The van der Waals surface area contributed by atoms with Crippen LogP contribution in [0.15, 0.2) is 97.4 Å². The Bertz CT molecular complexity index is 1450. The molecule has 2 N–H and O–H groups in total. The van der Waals surface area contributed by atoms with Gasteiger partial charge in [-0.25, -0.2) is 0 Å². The molecule has 6 rings (SSSR count). The number of nitrogens with zero attached hydrogens (tertiary/aromatic N) is 2. The van der Waals surface area contributed by atoms with Crippen LogP contribution in [-0.4, -0.2) is 29.7 Å². The van der Waals surface area contributed by atoms with E-state index in [9.17, 15) is 4.79 Å². The van der Waals surface area contributed by atoms with Crippen LogP contribution < -0.4 is 15.8 Å². The molecule has 0 aliphatic carbocycles. The quantitative estimate of drug-likeness (QED) is 0.303. The smallest absolute Gasteiger partial charge is 0.249 e. The Morgan fingerprint density at radius 2 is 2.03 bits per heavy atom. The van der Waals surface area contributed by atoms with Crippen molar-refractivity contribution in [1.82, 2.24) is 9.97 Å². The highest BCUT2D eigenvalue weighted by Gasteiger charge is 2.28. The van der Waals surface area contributed by atoms with E-state index in [-0.39, 0.29) is 11.7 Å². The number of fused-ring (bicyclic) bond motifs is 2. The Morgan fingerprint density at radius 1 is 1.08 bits per heavy atom. The number of rotatable bonds is 5. The van der Waals surface area contributed by atoms with Crippen molar-refractivity contribution < 1.29 is 4.74 Å². The second-order valence-electron chi connectivity index (χ2n) is 8.94. The number of aromatic amines is 1. The summed E-state index contributed by atoms with van der Waals surface area (Å²) in [6, 6.07) is 20.8. The van der Waals surface area contributed by atoms with Gasteiger partial charge in [-0.05, 0) is 54.4 Å². The Labute approximate surface area is 218 Å². The fourth-order valence-corrected chi connectivity index (χ4v) is 6.93. The molecule has 2 aromatic heterocycles. The van der Waals surface area contributed by atoms with E-state index in [0.717, 1.165) is 23.6 Å². The summed E-state index contributed by atoms with van der Waals surface area (Å²) >= 11 is 3.62. The first kappa shape index (κ1) is 23.2. The minimum absolute atomic E-state index is 0.0504. The topological polar surface area (TPSA) is 70.2 Å². The summed E-state index contributed by atoms with van der Waals surface area (Å²) < 4.78 is 6.23. The number of aryl methyl sites for hydroxylation is 1. The second-order valence-corrected chi connectivity index (χ2v) is 11.1. The van der Waals surface area contributed by atoms with Crippen LogP contribution in [-0.2, 0) is 11.3 Å². The number of H-pyrrole nitrogens is 1. The number of hydrogen-bond acceptors (Lipinski definition) is 7. The van der Waals surface area contributed by atoms with Crippen molar-refractivity contribution in [2.75, 3.05) is 29.9 Å². The molecule has 1 fully saturated rings. The van der Waals surface area contributed by atoms with Crippen LogP contribution in [0.1, 0.15) is 22.9 Å². The van der Waals surface area contributed by atoms with Crippen LogP contribution in [0.2, 0.25) is 0 Å². The van der Waals surface area contributed by atoms with E-state index in [1.54, 1.807) is 24.0 Å². The van der Waals surface area contributed by atoms with Crippen LogP contribution in [0, 0.1) is 6.92 Å². The summed E-state index contributed by atoms with van der Waals surface area (Å²) in [6.07, 6.45) is 3.56. The van der Waals surface area contributed by atoms with Crippen LogP contribution in [0.5, 0.6) is 0 Å². The highest BCUT2D eigenvalue weighted by Crippen LogP contribution is 2.51. The van der Waals surface area contributed by atoms with Crippen LogP contribution in [0.3, 0.4) is 0 Å². The summed E-state index contributed by atoms with van der Waals surface area (Å²) in [7, 11) is 0. The van der Waals surface area contributed by atoms with Gasteiger partial charge in [-0.1, -0.05) is 41.7 Å². The number of pyridine rings is 2. The molecule has 2 aromatic carbocycles. The predicted octanol–water partition coefficient (Wildman–Crippen LogP) is 5.88. The first-order valence-corrected chi connectivity index (χ1v) is 13.6. The summed E-state index contributed by atoms with van der Waals surface area (Å²) in [5.74, 6) is 0. The van der Waals surface area contributed by atoms with Gasteiger partial charge in [0.25, 0.3) is 0 Å². The first-order chi connectivity index (χ1) is 17.6. The minimum Gasteiger partial charge on any atom is -0.379 e. The number of anilines is 2. The van der Waals surface area contributed by atoms with E-state index < -0.39 is 0 Å². The van der Waals surface area contributed by atoms with Crippen molar-refractivity contribution >= 4 is 34.9 Å². The Morgan fingerprint density at radius 3 is 2.89 bits per heavy atom. The Hall–Kier alpha value is -3.20. The van der Waals surface area contributed by atoms with Gasteiger partial charge >= 0.3 is 0 Å². The van der Waals surface area contributed by atoms with E-state index in [0.29, 0.717) is 19.7 Å². The van der Waals surface area contributed by atoms with Gasteiger partial charge in [0, 0.05) is 62.5 Å². The minimum atomic E-state index is -0.0832. The van der Waals surface area contributed by atoms with Gasteiger partial charge < -0.3 is 19.9 Å². The molecule has 8 heteroatoms. The molecule has 1 saturated heterocycles. The fourth-order valence-electron chi connectivity index (χ4n) is 4.48. The summed E-state index contributed by atoms with van der Waals surface area (Å²) in [5.41, 5.74) is 5.34. The van der Waals surface area contributed by atoms with E-state index in [2.05, 4.69) is 68.7 Å². The molecular formula is C28H26N4O2S2. The monoisotopic (exact) mass is 514 g/mol. The third-order valence-corrected chi connectivity index (χ3v) is 8.98. The molecule has 2 aliphatic rings. The lowest BCUT2D eigenvalue weighted by molar-refractivity contribution is 0.0379. The van der Waals surface area contributed by atoms with Gasteiger partial charge in [0.05, 0.1) is 18.8 Å². The van der Waals surface area contributed by atoms with E-state index in [4.69, 9.17) is 4.74 Å². The van der Waals surface area contributed by atoms with Gasteiger partial charge in [0.1, 0.15) is 6.10 Å². The van der Waals surface area contributed by atoms with Gasteiger partial charge in [-0.2, -0.15) is 0 Å². The highest BCUT2D eigenvalue weighted by atomic mass is 32.2. The molecule has 6 nitrogen and oxygen atoms in total. The molecular weight excluding hydrogens is 488 g/mol. The molecule has 1 unspecified atom stereocenters. The number of ether oxygens (including phenoxy) is 1. The molecule has 2 aliphatic heterocycles. The molecule has 182 valence electrons. The molecule has 1 atom stereocenters. The van der Waals surface area contributed by atoms with E-state index in [1.807, 2.05) is 30.9 Å². The zero-order valence-electron chi connectivity index (χ0n) is 19.9.